The van der Waals surface area contributed by atoms with Gasteiger partial charge < -0.3 is 29.3 Å². The van der Waals surface area contributed by atoms with Gasteiger partial charge >= 0.3 is 0 Å². The lowest BCUT2D eigenvalue weighted by atomic mass is 10.0. The zero-order valence-electron chi connectivity index (χ0n) is 29.5. The van der Waals surface area contributed by atoms with Gasteiger partial charge in [0, 0.05) is 61.5 Å². The maximum atomic E-state index is 13.7. The number of ether oxygens (including phenoxy) is 3. The van der Waals surface area contributed by atoms with Crippen LogP contribution in [0.25, 0.3) is 5.57 Å². The molecular weight excluding hydrogens is 642 g/mol. The lowest BCUT2D eigenvalue weighted by Gasteiger charge is -2.19. The van der Waals surface area contributed by atoms with Gasteiger partial charge in [0.25, 0.3) is 11.8 Å². The van der Waals surface area contributed by atoms with E-state index in [1.54, 1.807) is 24.1 Å². The zero-order chi connectivity index (χ0) is 35.2. The van der Waals surface area contributed by atoms with Crippen LogP contribution in [0.2, 0.25) is 0 Å². The second kappa shape index (κ2) is 13.4. The van der Waals surface area contributed by atoms with Crippen molar-refractivity contribution in [1.29, 1.82) is 0 Å². The quantitative estimate of drug-likeness (QED) is 0.206. The minimum absolute atomic E-state index is 0.0453. The lowest BCUT2D eigenvalue weighted by molar-refractivity contribution is 0.0809. The van der Waals surface area contributed by atoms with Gasteiger partial charge in [-0.3, -0.25) is 19.6 Å². The monoisotopic (exact) mass is 685 g/mol. The Hall–Kier alpha value is -5.38. The molecule has 1 aliphatic carbocycles. The van der Waals surface area contributed by atoms with Gasteiger partial charge in [-0.05, 0) is 92.5 Å². The van der Waals surface area contributed by atoms with E-state index in [2.05, 4.69) is 43.4 Å². The van der Waals surface area contributed by atoms with Crippen molar-refractivity contribution < 1.29 is 23.8 Å². The Bertz CT molecular complexity index is 2010. The number of nitrogens with one attached hydrogen (secondary N) is 1. The lowest BCUT2D eigenvalue weighted by Crippen LogP contribution is -2.32. The Kier molecular flexibility index (Phi) is 8.61. The summed E-state index contributed by atoms with van der Waals surface area (Å²) >= 11 is 0. The minimum Gasteiger partial charge on any atom is -0.493 e. The van der Waals surface area contributed by atoms with Crippen LogP contribution >= 0.6 is 0 Å². The molecule has 3 aromatic carbocycles. The first kappa shape index (κ1) is 32.8. The van der Waals surface area contributed by atoms with Gasteiger partial charge in [-0.2, -0.15) is 0 Å². The maximum absolute atomic E-state index is 13.7. The van der Waals surface area contributed by atoms with Crippen LogP contribution in [0.1, 0.15) is 77.8 Å². The number of hydrogen-bond donors (Lipinski definition) is 1. The number of aryl methyl sites for hydroxylation is 1. The number of benzene rings is 3. The van der Waals surface area contributed by atoms with Crippen molar-refractivity contribution in [1.82, 2.24) is 9.80 Å². The van der Waals surface area contributed by atoms with Crippen molar-refractivity contribution >= 4 is 46.9 Å². The first-order valence-electron chi connectivity index (χ1n) is 17.9. The Labute approximate surface area is 298 Å². The van der Waals surface area contributed by atoms with Gasteiger partial charge in [0.1, 0.15) is 5.75 Å². The molecule has 1 N–H and O–H groups in total. The predicted molar refractivity (Wildman–Crippen MR) is 199 cm³/mol. The number of fused-ring (bicyclic) bond motifs is 4. The van der Waals surface area contributed by atoms with E-state index in [9.17, 15) is 9.59 Å². The highest BCUT2D eigenvalue weighted by Crippen LogP contribution is 2.44. The summed E-state index contributed by atoms with van der Waals surface area (Å²) in [5, 5.41) is 3.42. The van der Waals surface area contributed by atoms with Crippen molar-refractivity contribution in [3.63, 3.8) is 0 Å². The molecule has 2 atom stereocenters. The topological polar surface area (TPSA) is 105 Å². The Morgan fingerprint density at radius 1 is 0.804 bits per heavy atom. The number of anilines is 1. The second-order valence-electron chi connectivity index (χ2n) is 14.2. The van der Waals surface area contributed by atoms with Gasteiger partial charge in [0.2, 0.25) is 0 Å². The van der Waals surface area contributed by atoms with Crippen LogP contribution in [0.5, 0.6) is 17.2 Å². The van der Waals surface area contributed by atoms with Crippen molar-refractivity contribution in [2.24, 2.45) is 15.9 Å². The van der Waals surface area contributed by atoms with E-state index < -0.39 is 0 Å². The average Bonchev–Trinajstić information content (AvgIpc) is 3.80. The molecular formula is C41H43N5O5. The highest BCUT2D eigenvalue weighted by atomic mass is 16.5. The molecule has 10 nitrogen and oxygen atoms in total. The summed E-state index contributed by atoms with van der Waals surface area (Å²) in [6.45, 7) is 6.95. The summed E-state index contributed by atoms with van der Waals surface area (Å²) in [7, 11) is 1.57. The summed E-state index contributed by atoms with van der Waals surface area (Å²) in [4.78, 5) is 40.3. The first-order chi connectivity index (χ1) is 24.7. The number of aliphatic imine (C=N–C) groups is 2. The average molecular weight is 686 g/mol. The molecule has 0 aromatic heterocycles. The van der Waals surface area contributed by atoms with Gasteiger partial charge in [0.05, 0.1) is 54.9 Å². The molecule has 51 heavy (non-hydrogen) atoms. The van der Waals surface area contributed by atoms with E-state index in [0.717, 1.165) is 28.8 Å². The summed E-state index contributed by atoms with van der Waals surface area (Å²) < 4.78 is 17.9. The molecule has 3 aromatic rings. The van der Waals surface area contributed by atoms with Crippen molar-refractivity contribution in [3.05, 3.63) is 88.8 Å². The molecule has 0 unspecified atom stereocenters. The molecule has 4 heterocycles. The predicted octanol–water partition coefficient (Wildman–Crippen LogP) is 7.87. The van der Waals surface area contributed by atoms with Crippen molar-refractivity contribution in [2.75, 3.05) is 25.6 Å². The van der Waals surface area contributed by atoms with Crippen LogP contribution in [0.3, 0.4) is 0 Å². The highest BCUT2D eigenvalue weighted by Gasteiger charge is 2.38. The fourth-order valence-corrected chi connectivity index (χ4v) is 7.25. The fraction of sp³-hybridized carbons (Fsp3) is 0.366. The minimum atomic E-state index is -0.141. The molecule has 4 aliphatic heterocycles. The van der Waals surface area contributed by atoms with Gasteiger partial charge in [0.15, 0.2) is 11.5 Å². The molecule has 1 saturated carbocycles. The summed E-state index contributed by atoms with van der Waals surface area (Å²) in [6.07, 6.45) is 12.3. The van der Waals surface area contributed by atoms with E-state index >= 15 is 0 Å². The maximum Gasteiger partial charge on any atom is 0.260 e. The molecule has 262 valence electrons. The third kappa shape index (κ3) is 6.51. The number of nitrogens with zero attached hydrogens (tertiary/aromatic N) is 4. The van der Waals surface area contributed by atoms with Gasteiger partial charge in [-0.1, -0.05) is 12.1 Å². The Balaban J connectivity index is 0.889. The number of carbonyl (C=O) groups is 2. The summed E-state index contributed by atoms with van der Waals surface area (Å²) in [6, 6.07) is 15.8. The fourth-order valence-electron chi connectivity index (χ4n) is 7.25. The molecule has 10 heteroatoms. The molecule has 0 bridgehead atoms. The zero-order valence-corrected chi connectivity index (χ0v) is 29.5. The standard InChI is InChI=1S/C41H43N5O5/c1-24(2)44-30-10-8-27(9-11-30)29-16-31-20-42-35-18-37(25(3)14-33(35)40(47)45(31)23-29)50-12-5-13-51-39-19-36-34(17-38(39)49-4)41(48)46-22-28(26-6-7-26)15-32(46)21-43-36/h8-11,14,17-24,26,31-32,44H,5-7,12-13,15-16H2,1-4H3/t31-,32-/m0/s1. The van der Waals surface area contributed by atoms with Crippen LogP contribution < -0.4 is 19.5 Å². The molecule has 1 fully saturated rings. The number of methoxy groups -OCH3 is 1. The SMILES string of the molecule is COc1cc2c(cc1OCCCOc1cc3c(cc1C)C(=O)N1C=C(c4ccc(NC(C)C)cc4)C[C@H]1C=N3)N=C[C@@H]1CC(C3CC3)=CN1C2=O. The molecule has 0 spiro atoms. The van der Waals surface area contributed by atoms with Crippen molar-refractivity contribution in [2.45, 2.75) is 71.0 Å². The smallest absolute Gasteiger partial charge is 0.260 e. The molecule has 0 radical (unpaired) electrons. The summed E-state index contributed by atoms with van der Waals surface area (Å²) in [5.41, 5.74) is 7.77. The molecule has 0 saturated heterocycles. The van der Waals surface area contributed by atoms with Gasteiger partial charge in [-0.15, -0.1) is 0 Å². The van der Waals surface area contributed by atoms with Crippen LogP contribution in [0.4, 0.5) is 17.1 Å². The van der Waals surface area contributed by atoms with E-state index in [1.165, 1.54) is 18.4 Å². The van der Waals surface area contributed by atoms with Crippen LogP contribution in [-0.4, -0.2) is 72.5 Å². The number of carbonyl (C=O) groups excluding carboxylic acids is 2. The van der Waals surface area contributed by atoms with E-state index in [0.29, 0.717) is 77.8 Å². The molecule has 8 rings (SSSR count). The number of rotatable bonds is 11. The normalized spacial score (nSPS) is 20.3. The highest BCUT2D eigenvalue weighted by molar-refractivity contribution is 6.06. The van der Waals surface area contributed by atoms with Crippen LogP contribution in [0, 0.1) is 12.8 Å². The Morgan fingerprint density at radius 2 is 1.43 bits per heavy atom. The summed E-state index contributed by atoms with van der Waals surface area (Å²) in [5.74, 6) is 2.20. The van der Waals surface area contributed by atoms with Gasteiger partial charge in [-0.25, -0.2) is 0 Å². The van der Waals surface area contributed by atoms with E-state index in [-0.39, 0.29) is 23.9 Å². The van der Waals surface area contributed by atoms with Crippen molar-refractivity contribution in [3.8, 4) is 17.2 Å². The third-order valence-electron chi connectivity index (χ3n) is 10.1. The van der Waals surface area contributed by atoms with Crippen LogP contribution in [-0.2, 0) is 0 Å². The van der Waals surface area contributed by atoms with Crippen LogP contribution in [0.15, 0.2) is 76.5 Å². The molecule has 5 aliphatic rings. The number of amides is 2. The Morgan fingerprint density at radius 3 is 2.10 bits per heavy atom. The van der Waals surface area contributed by atoms with E-state index in [4.69, 9.17) is 24.2 Å². The molecule has 2 amide bonds. The first-order valence-corrected chi connectivity index (χ1v) is 17.9. The number of hydrogen-bond acceptors (Lipinski definition) is 8. The largest absolute Gasteiger partial charge is 0.493 e. The second-order valence-corrected chi connectivity index (χ2v) is 14.2. The third-order valence-corrected chi connectivity index (χ3v) is 10.1. The van der Waals surface area contributed by atoms with E-state index in [1.807, 2.05) is 48.8 Å².